The van der Waals surface area contributed by atoms with Crippen LogP contribution in [-0.4, -0.2) is 22.4 Å². The summed E-state index contributed by atoms with van der Waals surface area (Å²) in [6.07, 6.45) is -11.7. The first-order valence-electron chi connectivity index (χ1n) is 9.55. The lowest BCUT2D eigenvalue weighted by Gasteiger charge is -2.30. The average molecular weight is 535 g/mol. The van der Waals surface area contributed by atoms with Crippen LogP contribution in [0.15, 0.2) is 67.1 Å². The van der Waals surface area contributed by atoms with Gasteiger partial charge in [-0.25, -0.2) is 14.2 Å². The van der Waals surface area contributed by atoms with Gasteiger partial charge >= 0.3 is 18.0 Å². The van der Waals surface area contributed by atoms with Gasteiger partial charge in [-0.3, -0.25) is 0 Å². The molecular weight excluding hydrogens is 523 g/mol. The standard InChI is InChI=1S/C22H12F7NO3S2/c1-10-2-3-11(6-15(10)23)14-8-18(31)33-16-7-12(4-5-13(14)16)34-19-30-9-17(35-19)20(32,21(24,25)26)22(27,28)29/h2-9,32H,1H3. The van der Waals surface area contributed by atoms with Gasteiger partial charge in [0.15, 0.2) is 4.34 Å². The van der Waals surface area contributed by atoms with E-state index in [2.05, 4.69) is 4.98 Å². The molecule has 4 rings (SSSR count). The fourth-order valence-corrected chi connectivity index (χ4v) is 5.33. The third-order valence-corrected chi connectivity index (χ3v) is 7.24. The van der Waals surface area contributed by atoms with Gasteiger partial charge in [-0.1, -0.05) is 23.9 Å². The summed E-state index contributed by atoms with van der Waals surface area (Å²) in [6, 6.07) is 9.96. The van der Waals surface area contributed by atoms with E-state index in [9.17, 15) is 40.6 Å². The molecule has 0 radical (unpaired) electrons. The van der Waals surface area contributed by atoms with E-state index in [4.69, 9.17) is 4.42 Å². The molecular formula is C22H12F7NO3S2. The molecule has 2 aromatic carbocycles. The van der Waals surface area contributed by atoms with Gasteiger partial charge < -0.3 is 9.52 Å². The minimum absolute atomic E-state index is 0.0277. The fraction of sp³-hybridized carbons (Fsp3) is 0.182. The maximum Gasteiger partial charge on any atom is 0.431 e. The molecule has 0 saturated heterocycles. The minimum Gasteiger partial charge on any atom is -0.423 e. The number of rotatable bonds is 4. The molecule has 0 unspecified atom stereocenters. The Morgan fingerprint density at radius 2 is 1.69 bits per heavy atom. The Kier molecular flexibility index (Phi) is 6.22. The summed E-state index contributed by atoms with van der Waals surface area (Å²) >= 11 is 0.740. The van der Waals surface area contributed by atoms with Crippen molar-refractivity contribution in [3.05, 3.63) is 75.3 Å². The molecule has 2 heterocycles. The lowest BCUT2D eigenvalue weighted by molar-refractivity contribution is -0.375. The third-order valence-electron chi connectivity index (χ3n) is 5.07. The molecule has 4 aromatic rings. The monoisotopic (exact) mass is 535 g/mol. The van der Waals surface area contributed by atoms with Crippen LogP contribution in [0.2, 0.25) is 0 Å². The number of nitrogens with zero attached hydrogens (tertiary/aromatic N) is 1. The molecule has 35 heavy (non-hydrogen) atoms. The van der Waals surface area contributed by atoms with E-state index in [1.54, 1.807) is 19.1 Å². The fourth-order valence-electron chi connectivity index (χ4n) is 3.22. The van der Waals surface area contributed by atoms with Crippen molar-refractivity contribution in [2.45, 2.75) is 34.1 Å². The Bertz CT molecular complexity index is 1460. The van der Waals surface area contributed by atoms with Crippen molar-refractivity contribution >= 4 is 34.1 Å². The number of thiazole rings is 1. The zero-order valence-corrected chi connectivity index (χ0v) is 18.9. The Morgan fingerprint density at radius 3 is 2.31 bits per heavy atom. The highest BCUT2D eigenvalue weighted by molar-refractivity contribution is 8.01. The number of aliphatic hydroxyl groups is 1. The SMILES string of the molecule is Cc1ccc(-c2cc(=O)oc3cc(Sc4ncc(C(O)(C(F)(F)F)C(F)(F)F)s4)ccc23)cc1F. The molecule has 0 saturated carbocycles. The molecule has 13 heteroatoms. The lowest BCUT2D eigenvalue weighted by Crippen LogP contribution is -2.53. The van der Waals surface area contributed by atoms with E-state index < -0.39 is 34.3 Å². The first-order valence-corrected chi connectivity index (χ1v) is 11.2. The first kappa shape index (κ1) is 25.2. The largest absolute Gasteiger partial charge is 0.431 e. The van der Waals surface area contributed by atoms with Gasteiger partial charge in [0.1, 0.15) is 11.4 Å². The molecule has 4 nitrogen and oxygen atoms in total. The van der Waals surface area contributed by atoms with E-state index in [1.807, 2.05) is 0 Å². The van der Waals surface area contributed by atoms with Gasteiger partial charge in [-0.05, 0) is 47.9 Å². The van der Waals surface area contributed by atoms with E-state index >= 15 is 0 Å². The van der Waals surface area contributed by atoms with E-state index in [-0.39, 0.29) is 26.2 Å². The minimum atomic E-state index is -6.02. The number of hydrogen-bond donors (Lipinski definition) is 1. The number of halogens is 7. The van der Waals surface area contributed by atoms with Crippen LogP contribution < -0.4 is 5.63 Å². The summed E-state index contributed by atoms with van der Waals surface area (Å²) in [5, 5.41) is 9.95. The van der Waals surface area contributed by atoms with E-state index in [0.717, 1.165) is 0 Å². The average Bonchev–Trinajstić information content (AvgIpc) is 3.21. The van der Waals surface area contributed by atoms with Crippen LogP contribution in [-0.2, 0) is 5.60 Å². The van der Waals surface area contributed by atoms with Gasteiger partial charge in [0, 0.05) is 22.5 Å². The molecule has 0 aliphatic carbocycles. The second-order valence-electron chi connectivity index (χ2n) is 7.40. The molecule has 0 amide bonds. The molecule has 0 aliphatic rings. The van der Waals surface area contributed by atoms with Crippen molar-refractivity contribution in [3.63, 3.8) is 0 Å². The summed E-state index contributed by atoms with van der Waals surface area (Å²) in [5.74, 6) is -0.478. The van der Waals surface area contributed by atoms with Gasteiger partial charge in [0.25, 0.3) is 5.60 Å². The van der Waals surface area contributed by atoms with Crippen molar-refractivity contribution in [2.75, 3.05) is 0 Å². The highest BCUT2D eigenvalue weighted by Gasteiger charge is 2.72. The second kappa shape index (κ2) is 8.64. The maximum absolute atomic E-state index is 14.0. The van der Waals surface area contributed by atoms with Crippen molar-refractivity contribution < 1.29 is 40.3 Å². The third kappa shape index (κ3) is 4.55. The van der Waals surface area contributed by atoms with Gasteiger partial charge in [-0.15, -0.1) is 11.3 Å². The lowest BCUT2D eigenvalue weighted by atomic mass is 10.0. The predicted octanol–water partition coefficient (Wildman–Crippen LogP) is 6.83. The number of aromatic nitrogens is 1. The highest BCUT2D eigenvalue weighted by Crippen LogP contribution is 2.52. The second-order valence-corrected chi connectivity index (χ2v) is 9.75. The van der Waals surface area contributed by atoms with Crippen LogP contribution in [0.4, 0.5) is 30.7 Å². The zero-order chi connectivity index (χ0) is 25.8. The Labute approximate surface area is 200 Å². The van der Waals surface area contributed by atoms with Crippen molar-refractivity contribution in [2.24, 2.45) is 0 Å². The Hall–Kier alpha value is -2.90. The summed E-state index contributed by atoms with van der Waals surface area (Å²) < 4.78 is 97.6. The Balaban J connectivity index is 1.71. The topological polar surface area (TPSA) is 63.3 Å². The summed E-state index contributed by atoms with van der Waals surface area (Å²) in [7, 11) is 0. The summed E-state index contributed by atoms with van der Waals surface area (Å²) in [5.41, 5.74) is -4.54. The number of alkyl halides is 6. The summed E-state index contributed by atoms with van der Waals surface area (Å²) in [4.78, 5) is 14.5. The van der Waals surface area contributed by atoms with E-state index in [0.29, 0.717) is 40.0 Å². The smallest absolute Gasteiger partial charge is 0.423 e. The molecule has 0 aliphatic heterocycles. The van der Waals surface area contributed by atoms with Crippen LogP contribution >= 0.6 is 23.1 Å². The molecule has 0 atom stereocenters. The van der Waals surface area contributed by atoms with Crippen molar-refractivity contribution in [1.29, 1.82) is 0 Å². The molecule has 0 bridgehead atoms. The quantitative estimate of drug-likeness (QED) is 0.229. The van der Waals surface area contributed by atoms with Crippen LogP contribution in [0, 0.1) is 12.7 Å². The van der Waals surface area contributed by atoms with Crippen molar-refractivity contribution in [3.8, 4) is 11.1 Å². The van der Waals surface area contributed by atoms with Gasteiger partial charge in [-0.2, -0.15) is 26.3 Å². The van der Waals surface area contributed by atoms with Gasteiger partial charge in [0.05, 0.1) is 4.88 Å². The molecule has 1 N–H and O–H groups in total. The van der Waals surface area contributed by atoms with Crippen molar-refractivity contribution in [1.82, 2.24) is 4.98 Å². The van der Waals surface area contributed by atoms with Crippen LogP contribution in [0.25, 0.3) is 22.1 Å². The Morgan fingerprint density at radius 1 is 1.00 bits per heavy atom. The molecule has 0 fully saturated rings. The normalized spacial score (nSPS) is 12.9. The highest BCUT2D eigenvalue weighted by atomic mass is 32.2. The molecule has 2 aromatic heterocycles. The number of hydrogen-bond acceptors (Lipinski definition) is 6. The maximum atomic E-state index is 14.0. The van der Waals surface area contributed by atoms with Crippen LogP contribution in [0.5, 0.6) is 0 Å². The van der Waals surface area contributed by atoms with Crippen LogP contribution in [0.1, 0.15) is 10.4 Å². The number of fused-ring (bicyclic) bond motifs is 1. The summed E-state index contributed by atoms with van der Waals surface area (Å²) in [6.45, 7) is 1.58. The number of aryl methyl sites for hydroxylation is 1. The molecule has 0 spiro atoms. The number of benzene rings is 2. The van der Waals surface area contributed by atoms with Crippen LogP contribution in [0.3, 0.4) is 0 Å². The predicted molar refractivity (Wildman–Crippen MR) is 115 cm³/mol. The zero-order valence-electron chi connectivity index (χ0n) is 17.3. The van der Waals surface area contributed by atoms with E-state index in [1.165, 1.54) is 30.3 Å². The first-order chi connectivity index (χ1) is 16.2. The van der Waals surface area contributed by atoms with Gasteiger partial charge in [0.2, 0.25) is 0 Å². The molecule has 184 valence electrons.